The summed E-state index contributed by atoms with van der Waals surface area (Å²) in [5.41, 5.74) is -0.383. The summed E-state index contributed by atoms with van der Waals surface area (Å²) in [6.45, 7) is 20.6. The Morgan fingerprint density at radius 2 is 1.65 bits per heavy atom. The second kappa shape index (κ2) is 10.6. The summed E-state index contributed by atoms with van der Waals surface area (Å²) in [4.78, 5) is 0. The van der Waals surface area contributed by atoms with Crippen LogP contribution in [0.4, 0.5) is 0 Å². The largest absolute Gasteiger partial charge is 0.411 e. The summed E-state index contributed by atoms with van der Waals surface area (Å²) in [5.74, 6) is 4.18. The van der Waals surface area contributed by atoms with Crippen LogP contribution in [0.2, 0.25) is 18.1 Å². The minimum absolute atomic E-state index is 0.0322. The van der Waals surface area contributed by atoms with Crippen molar-refractivity contribution in [3.05, 3.63) is 0 Å². The molecule has 0 radical (unpaired) electrons. The minimum Gasteiger partial charge on any atom is -0.411 e. The summed E-state index contributed by atoms with van der Waals surface area (Å²) in [6, 6.07) is 0. The maximum absolute atomic E-state index is 11.0. The number of hydrogen-bond donors (Lipinski definition) is 2. The topological polar surface area (TPSA) is 68.2 Å². The first kappa shape index (κ1) is 31.4. The lowest BCUT2D eigenvalue weighted by Gasteiger charge is -2.61. The highest BCUT2D eigenvalue weighted by Gasteiger charge is 2.66. The van der Waals surface area contributed by atoms with Gasteiger partial charge in [0.1, 0.15) is 0 Å². The van der Waals surface area contributed by atoms with Crippen LogP contribution in [0.1, 0.15) is 106 Å². The van der Waals surface area contributed by atoms with E-state index < -0.39 is 13.9 Å². The van der Waals surface area contributed by atoms with Crippen molar-refractivity contribution in [3.8, 4) is 0 Å². The molecule has 5 aliphatic rings. The van der Waals surface area contributed by atoms with E-state index in [1.165, 1.54) is 51.4 Å². The van der Waals surface area contributed by atoms with Crippen molar-refractivity contribution < 1.29 is 24.1 Å². The van der Waals surface area contributed by atoms with E-state index in [2.05, 4.69) is 54.6 Å². The summed E-state index contributed by atoms with van der Waals surface area (Å²) < 4.78 is 20.0. The molecule has 6 heteroatoms. The van der Waals surface area contributed by atoms with Gasteiger partial charge in [-0.2, -0.15) is 0 Å². The quantitative estimate of drug-likeness (QED) is 0.313. The van der Waals surface area contributed by atoms with Gasteiger partial charge in [-0.3, -0.25) is 0 Å². The fourth-order valence-electron chi connectivity index (χ4n) is 10.8. The average Bonchev–Trinajstić information content (AvgIpc) is 3.35. The van der Waals surface area contributed by atoms with E-state index in [1.54, 1.807) is 6.92 Å². The van der Waals surface area contributed by atoms with Crippen molar-refractivity contribution in [3.63, 3.8) is 0 Å². The van der Waals surface area contributed by atoms with Gasteiger partial charge in [-0.15, -0.1) is 0 Å². The highest BCUT2D eigenvalue weighted by molar-refractivity contribution is 6.74. The van der Waals surface area contributed by atoms with E-state index in [-0.39, 0.29) is 30.0 Å². The fraction of sp³-hybridized carbons (Fsp3) is 1.00. The molecule has 1 saturated heterocycles. The van der Waals surface area contributed by atoms with Gasteiger partial charge in [0, 0.05) is 13.5 Å². The molecule has 0 unspecified atom stereocenters. The zero-order valence-corrected chi connectivity index (χ0v) is 28.5. The van der Waals surface area contributed by atoms with Crippen molar-refractivity contribution in [2.45, 2.75) is 154 Å². The lowest BCUT2D eigenvalue weighted by atomic mass is 9.44. The highest BCUT2D eigenvalue weighted by atomic mass is 28.4. The third kappa shape index (κ3) is 5.10. The summed E-state index contributed by atoms with van der Waals surface area (Å²) in [7, 11) is -0.199. The van der Waals surface area contributed by atoms with Gasteiger partial charge in [-0.05, 0) is 123 Å². The first-order valence-corrected chi connectivity index (χ1v) is 19.6. The summed E-state index contributed by atoms with van der Waals surface area (Å²) in [5, 5.41) is 21.0. The molecule has 5 nitrogen and oxygen atoms in total. The molecule has 5 fully saturated rings. The SMILES string of the molecule is CO[C@H]1CC[C@@]2(C)[C@@H](CC[C@@H]3[C@@H]2CC[C@]2(C)[C@H]4[C@H](C)[C@@H]([C@@H](C[C@@](C)(O)CO)O[Si](C)(C)C(C)(C)C)O[C@H]4C[C@@H]32)C1. The first-order chi connectivity index (χ1) is 18.5. The van der Waals surface area contributed by atoms with Gasteiger partial charge >= 0.3 is 0 Å². The van der Waals surface area contributed by atoms with Gasteiger partial charge in [0.15, 0.2) is 8.32 Å². The number of hydrogen-bond acceptors (Lipinski definition) is 5. The predicted molar refractivity (Wildman–Crippen MR) is 164 cm³/mol. The molecule has 4 saturated carbocycles. The Hall–Kier alpha value is 0.0169. The van der Waals surface area contributed by atoms with Gasteiger partial charge < -0.3 is 24.1 Å². The molecule has 5 rings (SSSR count). The molecule has 0 aromatic rings. The Labute approximate surface area is 246 Å². The number of rotatable bonds is 7. The second-order valence-corrected chi connectivity index (χ2v) is 22.1. The second-order valence-electron chi connectivity index (χ2n) is 17.4. The Morgan fingerprint density at radius 3 is 2.27 bits per heavy atom. The van der Waals surface area contributed by atoms with E-state index in [0.29, 0.717) is 35.2 Å². The Kier molecular flexibility index (Phi) is 8.31. The normalized spacial score (nSPS) is 47.5. The first-order valence-electron chi connectivity index (χ1n) is 16.7. The molecule has 0 spiro atoms. The van der Waals surface area contributed by atoms with Crippen LogP contribution in [0.25, 0.3) is 0 Å². The number of aliphatic hydroxyl groups is 2. The fourth-order valence-corrected chi connectivity index (χ4v) is 12.1. The van der Waals surface area contributed by atoms with Crippen molar-refractivity contribution in [2.75, 3.05) is 13.7 Å². The molecule has 2 N–H and O–H groups in total. The molecule has 40 heavy (non-hydrogen) atoms. The van der Waals surface area contributed by atoms with Crippen LogP contribution in [0.3, 0.4) is 0 Å². The highest BCUT2D eigenvalue weighted by Crippen LogP contribution is 2.70. The van der Waals surface area contributed by atoms with E-state index >= 15 is 0 Å². The third-order valence-corrected chi connectivity index (χ3v) is 18.6. The van der Waals surface area contributed by atoms with Gasteiger partial charge in [-0.25, -0.2) is 0 Å². The van der Waals surface area contributed by atoms with Crippen LogP contribution in [0.15, 0.2) is 0 Å². The molecule has 0 aromatic carbocycles. The Morgan fingerprint density at radius 1 is 0.975 bits per heavy atom. The zero-order valence-electron chi connectivity index (χ0n) is 27.5. The van der Waals surface area contributed by atoms with Crippen molar-refractivity contribution in [1.82, 2.24) is 0 Å². The monoisotopic (exact) mass is 578 g/mol. The summed E-state index contributed by atoms with van der Waals surface area (Å²) in [6.07, 6.45) is 11.4. The molecule has 4 aliphatic carbocycles. The van der Waals surface area contributed by atoms with Crippen LogP contribution in [0.5, 0.6) is 0 Å². The molecule has 0 aromatic heterocycles. The summed E-state index contributed by atoms with van der Waals surface area (Å²) >= 11 is 0. The zero-order chi connectivity index (χ0) is 29.5. The van der Waals surface area contributed by atoms with Crippen molar-refractivity contribution >= 4 is 8.32 Å². The number of fused-ring (bicyclic) bond motifs is 7. The molecule has 13 atom stereocenters. The molecule has 232 valence electrons. The van der Waals surface area contributed by atoms with Gasteiger partial charge in [-0.1, -0.05) is 41.5 Å². The lowest BCUT2D eigenvalue weighted by molar-refractivity contribution is -0.136. The number of ether oxygens (including phenoxy) is 2. The Bertz CT molecular complexity index is 914. The van der Waals surface area contributed by atoms with Gasteiger partial charge in [0.2, 0.25) is 0 Å². The van der Waals surface area contributed by atoms with E-state index in [0.717, 1.165) is 23.7 Å². The van der Waals surface area contributed by atoms with Gasteiger partial charge in [0.05, 0.1) is 36.6 Å². The average molecular weight is 579 g/mol. The van der Waals surface area contributed by atoms with Crippen LogP contribution in [-0.4, -0.2) is 62.3 Å². The molecule has 1 aliphatic heterocycles. The van der Waals surface area contributed by atoms with Crippen LogP contribution < -0.4 is 0 Å². The van der Waals surface area contributed by atoms with Crippen LogP contribution in [0, 0.1) is 46.3 Å². The molecular formula is C34H62O5Si. The van der Waals surface area contributed by atoms with Crippen LogP contribution >= 0.6 is 0 Å². The van der Waals surface area contributed by atoms with Crippen molar-refractivity contribution in [2.24, 2.45) is 46.3 Å². The molecule has 0 bridgehead atoms. The predicted octanol–water partition coefficient (Wildman–Crippen LogP) is 7.20. The smallest absolute Gasteiger partial charge is 0.192 e. The minimum atomic E-state index is -2.10. The molecule has 1 heterocycles. The lowest BCUT2D eigenvalue weighted by Crippen LogP contribution is -2.55. The van der Waals surface area contributed by atoms with Crippen LogP contribution in [-0.2, 0) is 13.9 Å². The maximum atomic E-state index is 11.0. The maximum Gasteiger partial charge on any atom is 0.192 e. The van der Waals surface area contributed by atoms with E-state index in [9.17, 15) is 10.2 Å². The van der Waals surface area contributed by atoms with Gasteiger partial charge in [0.25, 0.3) is 0 Å². The molecular weight excluding hydrogens is 516 g/mol. The van der Waals surface area contributed by atoms with E-state index in [1.807, 2.05) is 7.11 Å². The number of aliphatic hydroxyl groups excluding tert-OH is 1. The number of methoxy groups -OCH3 is 1. The van der Waals surface area contributed by atoms with E-state index in [4.69, 9.17) is 13.9 Å². The van der Waals surface area contributed by atoms with Crippen molar-refractivity contribution in [1.29, 1.82) is 0 Å². The molecule has 0 amide bonds. The standard InChI is InChI=1S/C34H62O5Si/c1-21-29-27(38-30(21)28(19-32(5,36)20-35)39-40(9,10)31(2,3)4)18-26-24-12-11-22-17-23(37-8)13-15-33(22,6)25(24)14-16-34(26,29)7/h21-30,35-36H,11-20H2,1-10H3/t21-,22-,23-,24+,25-,26-,27-,28+,29-,30-,32+,33-,34-/m0/s1. The third-order valence-electron chi connectivity index (χ3n) is 14.1. The Balaban J connectivity index is 1.36.